The van der Waals surface area contributed by atoms with Gasteiger partial charge in [-0.3, -0.25) is 0 Å². The third-order valence-corrected chi connectivity index (χ3v) is 7.51. The number of sulfonamides is 1. The number of hydrogen-bond acceptors (Lipinski definition) is 6. The molecule has 38 heavy (non-hydrogen) atoms. The summed E-state index contributed by atoms with van der Waals surface area (Å²) in [5.74, 6) is -1.02. The lowest BCUT2D eigenvalue weighted by molar-refractivity contribution is 0.0697. The highest BCUT2D eigenvalue weighted by atomic mass is 79.9. The van der Waals surface area contributed by atoms with E-state index in [4.69, 9.17) is 4.74 Å². The van der Waals surface area contributed by atoms with Gasteiger partial charge in [-0.05, 0) is 67.6 Å². The van der Waals surface area contributed by atoms with Gasteiger partial charge in [-0.1, -0.05) is 42.0 Å². The maximum absolute atomic E-state index is 13.7. The van der Waals surface area contributed by atoms with Crippen molar-refractivity contribution in [2.24, 2.45) is 0 Å². The Morgan fingerprint density at radius 3 is 1.84 bits per heavy atom. The number of rotatable bonds is 5. The summed E-state index contributed by atoms with van der Waals surface area (Å²) in [5, 5.41) is 10.3. The Morgan fingerprint density at radius 2 is 1.32 bits per heavy atom. The molecule has 0 unspecified atom stereocenters. The summed E-state index contributed by atoms with van der Waals surface area (Å²) in [5.41, 5.74) is 1.85. The van der Waals surface area contributed by atoms with Gasteiger partial charge in [0.2, 0.25) is 0 Å². The van der Waals surface area contributed by atoms with Gasteiger partial charge < -0.3 is 9.84 Å². The quantitative estimate of drug-likeness (QED) is 0.236. The van der Waals surface area contributed by atoms with Crippen LogP contribution in [0, 0.1) is 6.92 Å². The average molecular weight is 593 g/mol. The predicted molar refractivity (Wildman–Crippen MR) is 150 cm³/mol. The number of aryl methyl sites for hydroxylation is 1. The van der Waals surface area contributed by atoms with Crippen LogP contribution in [-0.4, -0.2) is 30.6 Å². The molecule has 0 spiro atoms. The first kappa shape index (κ1) is 26.8. The zero-order valence-electron chi connectivity index (χ0n) is 19.9. The van der Waals surface area contributed by atoms with E-state index < -0.39 is 22.1 Å². The fourth-order valence-corrected chi connectivity index (χ4v) is 5.26. The molecule has 4 aromatic carbocycles. The first-order valence-electron chi connectivity index (χ1n) is 11.2. The molecule has 0 bridgehead atoms. The number of carboxylic acids is 1. The van der Waals surface area contributed by atoms with Gasteiger partial charge in [-0.2, -0.15) is 4.31 Å². The minimum atomic E-state index is -4.43. The highest BCUT2D eigenvalue weighted by molar-refractivity contribution is 8.93. The van der Waals surface area contributed by atoms with Crippen molar-refractivity contribution in [3.8, 4) is 5.75 Å². The number of aromatic nitrogens is 1. The van der Waals surface area contributed by atoms with Crippen LogP contribution in [0.2, 0.25) is 0 Å². The molecule has 10 heteroatoms. The van der Waals surface area contributed by atoms with Gasteiger partial charge in [0.05, 0.1) is 27.2 Å². The summed E-state index contributed by atoms with van der Waals surface area (Å²) in [6.45, 7) is 1.81. The Bertz CT molecular complexity index is 1720. The van der Waals surface area contributed by atoms with Gasteiger partial charge in [-0.25, -0.2) is 23.0 Å². The SMILES string of the molecule is Br.Cc1ccc(S(=O)(=O)N(C(=O)Oc2c3ccccc3nc3ccccc23)c2ccc(C(=O)O)cc2)cc1. The smallest absolute Gasteiger partial charge is 0.434 e. The van der Waals surface area contributed by atoms with Crippen LogP contribution >= 0.6 is 17.0 Å². The van der Waals surface area contributed by atoms with Gasteiger partial charge >= 0.3 is 12.1 Å². The summed E-state index contributed by atoms with van der Waals surface area (Å²) in [6, 6.07) is 25.1. The molecule has 0 saturated carbocycles. The van der Waals surface area contributed by atoms with Crippen LogP contribution in [0.1, 0.15) is 15.9 Å². The first-order valence-corrected chi connectivity index (χ1v) is 12.6. The molecule has 1 aromatic heterocycles. The number of halogens is 1. The average Bonchev–Trinajstić information content (AvgIpc) is 2.89. The molecule has 1 amide bonds. The molecular formula is C28H21BrN2O6S. The summed E-state index contributed by atoms with van der Waals surface area (Å²) in [7, 11) is -4.43. The summed E-state index contributed by atoms with van der Waals surface area (Å²) >= 11 is 0. The van der Waals surface area contributed by atoms with E-state index in [2.05, 4.69) is 4.98 Å². The number of aromatic carboxylic acids is 1. The molecule has 5 aromatic rings. The summed E-state index contributed by atoms with van der Waals surface area (Å²) in [4.78, 5) is 29.5. The molecule has 0 atom stereocenters. The number of carbonyl (C=O) groups is 2. The van der Waals surface area contributed by atoms with Crippen LogP contribution in [0.4, 0.5) is 10.5 Å². The van der Waals surface area contributed by atoms with E-state index in [9.17, 15) is 23.1 Å². The van der Waals surface area contributed by atoms with Crippen LogP contribution in [0.25, 0.3) is 21.8 Å². The predicted octanol–water partition coefficient (Wildman–Crippen LogP) is 6.37. The molecule has 0 aliphatic rings. The van der Waals surface area contributed by atoms with Crippen LogP contribution in [0.5, 0.6) is 5.75 Å². The van der Waals surface area contributed by atoms with Gasteiger partial charge in [0.15, 0.2) is 5.75 Å². The molecule has 1 N–H and O–H groups in total. The summed E-state index contributed by atoms with van der Waals surface area (Å²) < 4.78 is 33.8. The monoisotopic (exact) mass is 592 g/mol. The van der Waals surface area contributed by atoms with E-state index in [1.165, 1.54) is 36.4 Å². The largest absolute Gasteiger partial charge is 0.478 e. The Balaban J connectivity index is 0.00000336. The molecule has 0 aliphatic heterocycles. The van der Waals surface area contributed by atoms with Crippen molar-refractivity contribution < 1.29 is 27.9 Å². The maximum atomic E-state index is 13.7. The number of amides is 1. The lowest BCUT2D eigenvalue weighted by Gasteiger charge is -2.23. The second-order valence-corrected chi connectivity index (χ2v) is 10.1. The minimum Gasteiger partial charge on any atom is -0.478 e. The highest BCUT2D eigenvalue weighted by Crippen LogP contribution is 2.34. The summed E-state index contributed by atoms with van der Waals surface area (Å²) in [6.07, 6.45) is -1.18. The number of carbonyl (C=O) groups excluding carboxylic acids is 1. The second kappa shape index (κ2) is 10.6. The Kier molecular flexibility index (Phi) is 7.47. The fourth-order valence-electron chi connectivity index (χ4n) is 3.94. The fraction of sp³-hybridized carbons (Fsp3) is 0.0357. The topological polar surface area (TPSA) is 114 Å². The van der Waals surface area contributed by atoms with Gasteiger partial charge in [0.1, 0.15) is 0 Å². The molecule has 192 valence electrons. The van der Waals surface area contributed by atoms with Gasteiger partial charge in [0.25, 0.3) is 10.0 Å². The van der Waals surface area contributed by atoms with E-state index in [-0.39, 0.29) is 38.9 Å². The zero-order valence-corrected chi connectivity index (χ0v) is 22.5. The van der Waals surface area contributed by atoms with Crippen molar-refractivity contribution in [1.29, 1.82) is 0 Å². The van der Waals surface area contributed by atoms with Crippen LogP contribution in [-0.2, 0) is 10.0 Å². The molecule has 5 rings (SSSR count). The van der Waals surface area contributed by atoms with E-state index in [0.29, 0.717) is 26.1 Å². The molecule has 0 aliphatic carbocycles. The number of anilines is 1. The second-order valence-electron chi connectivity index (χ2n) is 8.28. The van der Waals surface area contributed by atoms with Crippen LogP contribution < -0.4 is 9.04 Å². The molecule has 1 heterocycles. The maximum Gasteiger partial charge on any atom is 0.434 e. The number of benzene rings is 4. The number of nitrogens with zero attached hydrogens (tertiary/aromatic N) is 2. The van der Waals surface area contributed by atoms with Crippen molar-refractivity contribution in [2.75, 3.05) is 4.31 Å². The van der Waals surface area contributed by atoms with E-state index in [1.807, 2.05) is 6.92 Å². The van der Waals surface area contributed by atoms with E-state index in [1.54, 1.807) is 60.7 Å². The number of carboxylic acid groups (broad SMARTS) is 1. The van der Waals surface area contributed by atoms with Crippen molar-refractivity contribution >= 4 is 66.6 Å². The molecule has 8 nitrogen and oxygen atoms in total. The molecule has 0 fully saturated rings. The van der Waals surface area contributed by atoms with Crippen molar-refractivity contribution in [1.82, 2.24) is 4.98 Å². The zero-order chi connectivity index (χ0) is 26.2. The van der Waals surface area contributed by atoms with Crippen LogP contribution in [0.3, 0.4) is 0 Å². The standard InChI is InChI=1S/C28H20N2O6S.BrH/c1-18-10-16-21(17-11-18)37(34,35)30(20-14-12-19(13-15-20)27(31)32)28(33)36-26-22-6-2-4-8-24(22)29-25-9-5-3-7-23(25)26;/h2-17H,1H3,(H,31,32);1H. The number of fused-ring (bicyclic) bond motifs is 2. The lowest BCUT2D eigenvalue weighted by Crippen LogP contribution is -2.39. The van der Waals surface area contributed by atoms with Crippen molar-refractivity contribution in [3.63, 3.8) is 0 Å². The number of hydrogen-bond donors (Lipinski definition) is 1. The van der Waals surface area contributed by atoms with E-state index >= 15 is 0 Å². The third-order valence-electron chi connectivity index (χ3n) is 5.80. The van der Waals surface area contributed by atoms with E-state index in [0.717, 1.165) is 5.56 Å². The molecule has 0 radical (unpaired) electrons. The van der Waals surface area contributed by atoms with Crippen LogP contribution in [0.15, 0.2) is 102 Å². The molecule has 0 saturated heterocycles. The van der Waals surface area contributed by atoms with Crippen molar-refractivity contribution in [3.05, 3.63) is 108 Å². The normalized spacial score (nSPS) is 11.1. The Labute approximate surface area is 228 Å². The minimum absolute atomic E-state index is 0. The number of pyridine rings is 1. The van der Waals surface area contributed by atoms with Crippen molar-refractivity contribution in [2.45, 2.75) is 11.8 Å². The highest BCUT2D eigenvalue weighted by Gasteiger charge is 2.33. The van der Waals surface area contributed by atoms with Gasteiger partial charge in [-0.15, -0.1) is 17.0 Å². The lowest BCUT2D eigenvalue weighted by atomic mass is 10.1. The Morgan fingerprint density at radius 1 is 0.789 bits per heavy atom. The third kappa shape index (κ3) is 4.96. The van der Waals surface area contributed by atoms with Gasteiger partial charge in [0, 0.05) is 10.8 Å². The Hall–Kier alpha value is -4.28. The first-order chi connectivity index (χ1) is 17.8. The number of ether oxygens (including phenoxy) is 1. The molecular weight excluding hydrogens is 572 g/mol. The number of para-hydroxylation sites is 2.